The monoisotopic (exact) mass is 292 g/mol. The standard InChI is InChI=1S/C16H28N4O/c1-4-6-13-15(17-8-5-2)18-11-19-16(13)20-9-7-12(3)14(21)10-20/h11-12,14,21H,4-10H2,1-3H3,(H,17,18,19). The Balaban J connectivity index is 2.25. The summed E-state index contributed by atoms with van der Waals surface area (Å²) in [7, 11) is 0. The van der Waals surface area contributed by atoms with E-state index in [1.54, 1.807) is 6.33 Å². The fourth-order valence-electron chi connectivity index (χ4n) is 2.79. The fourth-order valence-corrected chi connectivity index (χ4v) is 2.79. The molecule has 1 aromatic heterocycles. The van der Waals surface area contributed by atoms with E-state index in [1.165, 1.54) is 5.56 Å². The van der Waals surface area contributed by atoms with Gasteiger partial charge < -0.3 is 15.3 Å². The Bertz CT molecular complexity index is 452. The Morgan fingerprint density at radius 2 is 2.14 bits per heavy atom. The average molecular weight is 292 g/mol. The van der Waals surface area contributed by atoms with Gasteiger partial charge in [-0.15, -0.1) is 0 Å². The molecular weight excluding hydrogens is 264 g/mol. The maximum Gasteiger partial charge on any atom is 0.137 e. The van der Waals surface area contributed by atoms with Crippen LogP contribution in [0.25, 0.3) is 0 Å². The van der Waals surface area contributed by atoms with Crippen molar-refractivity contribution in [1.82, 2.24) is 9.97 Å². The molecule has 0 aliphatic carbocycles. The van der Waals surface area contributed by atoms with Crippen molar-refractivity contribution in [3.8, 4) is 0 Å². The molecule has 0 amide bonds. The lowest BCUT2D eigenvalue weighted by Crippen LogP contribution is -2.43. The average Bonchev–Trinajstić information content (AvgIpc) is 2.49. The minimum absolute atomic E-state index is 0.268. The van der Waals surface area contributed by atoms with Gasteiger partial charge in [-0.05, 0) is 25.2 Å². The van der Waals surface area contributed by atoms with Crippen LogP contribution < -0.4 is 10.2 Å². The van der Waals surface area contributed by atoms with Gasteiger partial charge in [-0.25, -0.2) is 9.97 Å². The minimum atomic E-state index is -0.268. The van der Waals surface area contributed by atoms with Crippen LogP contribution in [0.4, 0.5) is 11.6 Å². The number of aliphatic hydroxyl groups excluding tert-OH is 1. The van der Waals surface area contributed by atoms with Gasteiger partial charge in [0.2, 0.25) is 0 Å². The number of rotatable bonds is 6. The van der Waals surface area contributed by atoms with Crippen LogP contribution in [0.2, 0.25) is 0 Å². The topological polar surface area (TPSA) is 61.3 Å². The smallest absolute Gasteiger partial charge is 0.137 e. The summed E-state index contributed by atoms with van der Waals surface area (Å²) in [5.41, 5.74) is 1.19. The van der Waals surface area contributed by atoms with Crippen molar-refractivity contribution in [3.05, 3.63) is 11.9 Å². The van der Waals surface area contributed by atoms with Gasteiger partial charge >= 0.3 is 0 Å². The maximum atomic E-state index is 10.1. The van der Waals surface area contributed by atoms with Crippen molar-refractivity contribution in [1.29, 1.82) is 0 Å². The Labute approximate surface area is 127 Å². The maximum absolute atomic E-state index is 10.1. The van der Waals surface area contributed by atoms with Crippen LogP contribution >= 0.6 is 0 Å². The van der Waals surface area contributed by atoms with Crippen LogP contribution in [0.15, 0.2) is 6.33 Å². The summed E-state index contributed by atoms with van der Waals surface area (Å²) in [5, 5.41) is 13.5. The Hall–Kier alpha value is -1.36. The molecule has 1 saturated heterocycles. The molecule has 1 aromatic rings. The number of aliphatic hydroxyl groups is 1. The molecule has 2 unspecified atom stereocenters. The summed E-state index contributed by atoms with van der Waals surface area (Å²) in [6.07, 6.45) is 5.48. The van der Waals surface area contributed by atoms with Gasteiger partial charge in [0.05, 0.1) is 6.10 Å². The molecule has 2 atom stereocenters. The fraction of sp³-hybridized carbons (Fsp3) is 0.750. The molecule has 0 aromatic carbocycles. The summed E-state index contributed by atoms with van der Waals surface area (Å²) >= 11 is 0. The zero-order valence-electron chi connectivity index (χ0n) is 13.5. The molecule has 21 heavy (non-hydrogen) atoms. The highest BCUT2D eigenvalue weighted by atomic mass is 16.3. The van der Waals surface area contributed by atoms with Crippen molar-refractivity contribution in [2.75, 3.05) is 29.9 Å². The van der Waals surface area contributed by atoms with Crippen molar-refractivity contribution >= 4 is 11.6 Å². The molecule has 5 heteroatoms. The summed E-state index contributed by atoms with van der Waals surface area (Å²) in [6, 6.07) is 0. The zero-order chi connectivity index (χ0) is 15.2. The molecule has 2 rings (SSSR count). The second kappa shape index (κ2) is 7.59. The summed E-state index contributed by atoms with van der Waals surface area (Å²) < 4.78 is 0. The van der Waals surface area contributed by atoms with E-state index in [1.807, 2.05) is 0 Å². The summed E-state index contributed by atoms with van der Waals surface area (Å²) in [6.45, 7) is 8.99. The van der Waals surface area contributed by atoms with Crippen LogP contribution in [-0.2, 0) is 6.42 Å². The number of anilines is 2. The first-order valence-corrected chi connectivity index (χ1v) is 8.18. The zero-order valence-corrected chi connectivity index (χ0v) is 13.5. The highest BCUT2D eigenvalue weighted by Gasteiger charge is 2.27. The van der Waals surface area contributed by atoms with E-state index in [-0.39, 0.29) is 6.10 Å². The first kappa shape index (κ1) is 16.0. The third kappa shape index (κ3) is 3.84. The number of hydrogen-bond acceptors (Lipinski definition) is 5. The van der Waals surface area contributed by atoms with Gasteiger partial charge in [-0.2, -0.15) is 0 Å². The van der Waals surface area contributed by atoms with Crippen LogP contribution in [0.3, 0.4) is 0 Å². The molecule has 1 aliphatic rings. The van der Waals surface area contributed by atoms with Crippen LogP contribution in [-0.4, -0.2) is 40.8 Å². The van der Waals surface area contributed by atoms with Gasteiger partial charge in [0.15, 0.2) is 0 Å². The lowest BCUT2D eigenvalue weighted by molar-refractivity contribution is 0.102. The Morgan fingerprint density at radius 3 is 2.81 bits per heavy atom. The number of piperidine rings is 1. The van der Waals surface area contributed by atoms with Gasteiger partial charge in [0.25, 0.3) is 0 Å². The quantitative estimate of drug-likeness (QED) is 0.843. The molecule has 0 saturated carbocycles. The van der Waals surface area contributed by atoms with Gasteiger partial charge in [0.1, 0.15) is 18.0 Å². The van der Waals surface area contributed by atoms with Crippen LogP contribution in [0.1, 0.15) is 45.6 Å². The predicted octanol–water partition coefficient (Wildman–Crippen LogP) is 2.46. The SMILES string of the molecule is CCCNc1ncnc(N2CCC(C)C(O)C2)c1CCC. The molecular formula is C16H28N4O. The highest BCUT2D eigenvalue weighted by Crippen LogP contribution is 2.28. The van der Waals surface area contributed by atoms with E-state index in [0.717, 1.165) is 50.4 Å². The number of nitrogens with zero attached hydrogens (tertiary/aromatic N) is 3. The number of aromatic nitrogens is 2. The molecule has 0 spiro atoms. The molecule has 5 nitrogen and oxygen atoms in total. The largest absolute Gasteiger partial charge is 0.391 e. The molecule has 118 valence electrons. The molecule has 0 bridgehead atoms. The molecule has 1 aliphatic heterocycles. The Kier molecular flexibility index (Phi) is 5.79. The third-order valence-electron chi connectivity index (χ3n) is 4.18. The lowest BCUT2D eigenvalue weighted by atomic mass is 9.95. The van der Waals surface area contributed by atoms with Gasteiger partial charge in [-0.3, -0.25) is 0 Å². The molecule has 0 radical (unpaired) electrons. The second-order valence-corrected chi connectivity index (χ2v) is 5.98. The summed E-state index contributed by atoms with van der Waals surface area (Å²) in [4.78, 5) is 11.1. The highest BCUT2D eigenvalue weighted by molar-refractivity contribution is 5.59. The molecule has 2 N–H and O–H groups in total. The second-order valence-electron chi connectivity index (χ2n) is 5.98. The number of nitrogens with one attached hydrogen (secondary N) is 1. The van der Waals surface area contributed by atoms with E-state index >= 15 is 0 Å². The third-order valence-corrected chi connectivity index (χ3v) is 4.18. The van der Waals surface area contributed by atoms with Crippen molar-refractivity contribution < 1.29 is 5.11 Å². The van der Waals surface area contributed by atoms with Crippen molar-refractivity contribution in [3.63, 3.8) is 0 Å². The minimum Gasteiger partial charge on any atom is -0.391 e. The first-order valence-electron chi connectivity index (χ1n) is 8.18. The molecule has 1 fully saturated rings. The Morgan fingerprint density at radius 1 is 1.33 bits per heavy atom. The first-order chi connectivity index (χ1) is 10.2. The van der Waals surface area contributed by atoms with E-state index in [0.29, 0.717) is 12.5 Å². The number of hydrogen-bond donors (Lipinski definition) is 2. The predicted molar refractivity (Wildman–Crippen MR) is 86.8 cm³/mol. The lowest BCUT2D eigenvalue weighted by Gasteiger charge is -2.36. The van der Waals surface area contributed by atoms with E-state index in [2.05, 4.69) is 41.0 Å². The van der Waals surface area contributed by atoms with Crippen LogP contribution in [0.5, 0.6) is 0 Å². The molecule has 2 heterocycles. The summed E-state index contributed by atoms with van der Waals surface area (Å²) in [5.74, 6) is 2.32. The van der Waals surface area contributed by atoms with E-state index in [4.69, 9.17) is 0 Å². The van der Waals surface area contributed by atoms with Crippen LogP contribution in [0, 0.1) is 5.92 Å². The van der Waals surface area contributed by atoms with E-state index in [9.17, 15) is 5.11 Å². The van der Waals surface area contributed by atoms with Gasteiger partial charge in [0, 0.05) is 25.2 Å². The van der Waals surface area contributed by atoms with Crippen molar-refractivity contribution in [2.45, 2.75) is 52.6 Å². The van der Waals surface area contributed by atoms with Gasteiger partial charge in [-0.1, -0.05) is 27.2 Å². The van der Waals surface area contributed by atoms with E-state index < -0.39 is 0 Å². The number of β-amino-alcohol motifs (C(OH)–C–C–N with tert-alkyl or cyclic N) is 1. The normalized spacial score (nSPS) is 22.4. The van der Waals surface area contributed by atoms with Crippen molar-refractivity contribution in [2.24, 2.45) is 5.92 Å².